The molecule has 0 fully saturated rings. The third kappa shape index (κ3) is 1.70. The van der Waals surface area contributed by atoms with Crippen molar-refractivity contribution < 1.29 is 9.53 Å². The summed E-state index contributed by atoms with van der Waals surface area (Å²) in [4.78, 5) is 12.4. The van der Waals surface area contributed by atoms with Gasteiger partial charge in [-0.05, 0) is 12.1 Å². The first-order chi connectivity index (χ1) is 6.81. The van der Waals surface area contributed by atoms with Crippen molar-refractivity contribution in [2.24, 2.45) is 0 Å². The zero-order chi connectivity index (χ0) is 9.97. The van der Waals surface area contributed by atoms with E-state index in [1.54, 1.807) is 11.8 Å². The molecule has 1 N–H and O–H groups in total. The van der Waals surface area contributed by atoms with Crippen molar-refractivity contribution in [3.8, 4) is 0 Å². The summed E-state index contributed by atoms with van der Waals surface area (Å²) in [5, 5.41) is 3.08. The van der Waals surface area contributed by atoms with Gasteiger partial charge in [0.05, 0.1) is 7.11 Å². The van der Waals surface area contributed by atoms with E-state index in [1.807, 2.05) is 24.3 Å². The van der Waals surface area contributed by atoms with Crippen LogP contribution in [0.5, 0.6) is 0 Å². The fourth-order valence-electron chi connectivity index (χ4n) is 1.38. The van der Waals surface area contributed by atoms with Crippen LogP contribution in [0.1, 0.15) is 0 Å². The molecule has 3 nitrogen and oxygen atoms in total. The number of carbonyl (C=O) groups excluding carboxylic acids is 1. The van der Waals surface area contributed by atoms with E-state index in [-0.39, 0.29) is 11.2 Å². The molecular formula is C10H11NO2S. The lowest BCUT2D eigenvalue weighted by Crippen LogP contribution is -2.29. The Morgan fingerprint density at radius 3 is 3.14 bits per heavy atom. The van der Waals surface area contributed by atoms with Gasteiger partial charge < -0.3 is 10.1 Å². The maximum Gasteiger partial charge on any atom is 0.320 e. The van der Waals surface area contributed by atoms with Crippen molar-refractivity contribution in [1.82, 2.24) is 0 Å². The van der Waals surface area contributed by atoms with Crippen molar-refractivity contribution in [2.45, 2.75) is 10.1 Å². The van der Waals surface area contributed by atoms with E-state index in [9.17, 15) is 4.79 Å². The molecule has 1 aromatic rings. The third-order valence-electron chi connectivity index (χ3n) is 2.10. The van der Waals surface area contributed by atoms with Gasteiger partial charge in [0.1, 0.15) is 5.25 Å². The number of hydrogen-bond donors (Lipinski definition) is 1. The highest BCUT2D eigenvalue weighted by molar-refractivity contribution is 8.00. The second kappa shape index (κ2) is 3.92. The molecule has 1 heterocycles. The molecule has 2 rings (SSSR count). The summed E-state index contributed by atoms with van der Waals surface area (Å²) in [5.41, 5.74) is 1.10. The van der Waals surface area contributed by atoms with Crippen molar-refractivity contribution in [1.29, 1.82) is 0 Å². The van der Waals surface area contributed by atoms with Gasteiger partial charge in [-0.15, -0.1) is 11.8 Å². The molecule has 0 aromatic heterocycles. The highest BCUT2D eigenvalue weighted by Crippen LogP contribution is 2.34. The molecule has 0 unspecified atom stereocenters. The second-order valence-electron chi connectivity index (χ2n) is 3.01. The lowest BCUT2D eigenvalue weighted by atomic mass is 10.3. The van der Waals surface area contributed by atoms with Crippen LogP contribution in [-0.4, -0.2) is 24.9 Å². The van der Waals surface area contributed by atoms with E-state index in [4.69, 9.17) is 4.74 Å². The Morgan fingerprint density at radius 1 is 1.57 bits per heavy atom. The maximum absolute atomic E-state index is 11.3. The van der Waals surface area contributed by atoms with E-state index >= 15 is 0 Å². The molecule has 1 aliphatic rings. The Kier molecular flexibility index (Phi) is 2.63. The van der Waals surface area contributed by atoms with E-state index in [0.29, 0.717) is 6.54 Å². The zero-order valence-corrected chi connectivity index (χ0v) is 8.64. The predicted octanol–water partition coefficient (Wildman–Crippen LogP) is 1.75. The van der Waals surface area contributed by atoms with Gasteiger partial charge >= 0.3 is 5.97 Å². The van der Waals surface area contributed by atoms with Gasteiger partial charge in [0.2, 0.25) is 0 Å². The largest absolute Gasteiger partial charge is 0.468 e. The Balaban J connectivity index is 2.17. The van der Waals surface area contributed by atoms with E-state index < -0.39 is 0 Å². The first-order valence-electron chi connectivity index (χ1n) is 4.38. The summed E-state index contributed by atoms with van der Waals surface area (Å²) in [6.45, 7) is 0.633. The van der Waals surface area contributed by atoms with Crippen molar-refractivity contribution in [2.75, 3.05) is 19.0 Å². The molecule has 0 amide bonds. The molecular weight excluding hydrogens is 198 g/mol. The number of fused-ring (bicyclic) bond motifs is 1. The average Bonchev–Trinajstić information content (AvgIpc) is 2.27. The van der Waals surface area contributed by atoms with Gasteiger partial charge in [-0.3, -0.25) is 4.79 Å². The normalized spacial score (nSPS) is 19.4. The molecule has 74 valence electrons. The van der Waals surface area contributed by atoms with Crippen LogP contribution in [0, 0.1) is 0 Å². The van der Waals surface area contributed by atoms with Crippen LogP contribution < -0.4 is 5.32 Å². The fourth-order valence-corrected chi connectivity index (χ4v) is 2.47. The SMILES string of the molecule is COC(=O)[C@H]1CNc2ccccc2S1. The number of nitrogens with one attached hydrogen (secondary N) is 1. The Hall–Kier alpha value is -1.16. The maximum atomic E-state index is 11.3. The Labute approximate surface area is 86.8 Å². The second-order valence-corrected chi connectivity index (χ2v) is 4.25. The number of esters is 1. The summed E-state index contributed by atoms with van der Waals surface area (Å²) in [6, 6.07) is 7.95. The van der Waals surface area contributed by atoms with Crippen LogP contribution in [0.3, 0.4) is 0 Å². The number of ether oxygens (including phenoxy) is 1. The molecule has 4 heteroatoms. The highest BCUT2D eigenvalue weighted by Gasteiger charge is 2.25. The predicted molar refractivity (Wildman–Crippen MR) is 56.6 cm³/mol. The first kappa shape index (κ1) is 9.40. The average molecular weight is 209 g/mol. The first-order valence-corrected chi connectivity index (χ1v) is 5.26. The summed E-state index contributed by atoms with van der Waals surface area (Å²) in [5.74, 6) is -0.169. The van der Waals surface area contributed by atoms with Crippen LogP contribution >= 0.6 is 11.8 Å². The minimum absolute atomic E-state index is 0.130. The highest BCUT2D eigenvalue weighted by atomic mass is 32.2. The Bertz CT molecular complexity index is 354. The van der Waals surface area contributed by atoms with Gasteiger partial charge in [-0.1, -0.05) is 12.1 Å². The smallest absolute Gasteiger partial charge is 0.320 e. The van der Waals surface area contributed by atoms with E-state index in [2.05, 4.69) is 5.32 Å². The van der Waals surface area contributed by atoms with Crippen molar-refractivity contribution in [3.63, 3.8) is 0 Å². The minimum atomic E-state index is -0.169. The molecule has 14 heavy (non-hydrogen) atoms. The lowest BCUT2D eigenvalue weighted by molar-refractivity contribution is -0.139. The molecule has 0 saturated heterocycles. The van der Waals surface area contributed by atoms with Crippen LogP contribution in [0.4, 0.5) is 5.69 Å². The molecule has 0 bridgehead atoms. The number of anilines is 1. The number of methoxy groups -OCH3 is 1. The molecule has 1 aliphatic heterocycles. The van der Waals surface area contributed by atoms with Crippen LogP contribution in [0.2, 0.25) is 0 Å². The molecule has 1 atom stereocenters. The van der Waals surface area contributed by atoms with Gasteiger partial charge in [0.15, 0.2) is 0 Å². The molecule has 0 aliphatic carbocycles. The van der Waals surface area contributed by atoms with Crippen LogP contribution in [-0.2, 0) is 9.53 Å². The number of rotatable bonds is 1. The quantitative estimate of drug-likeness (QED) is 0.715. The van der Waals surface area contributed by atoms with Crippen molar-refractivity contribution >= 4 is 23.4 Å². The van der Waals surface area contributed by atoms with Crippen molar-refractivity contribution in [3.05, 3.63) is 24.3 Å². The van der Waals surface area contributed by atoms with E-state index in [0.717, 1.165) is 10.6 Å². The van der Waals surface area contributed by atoms with Crippen LogP contribution in [0.25, 0.3) is 0 Å². The van der Waals surface area contributed by atoms with E-state index in [1.165, 1.54) is 7.11 Å². The number of hydrogen-bond acceptors (Lipinski definition) is 4. The molecule has 0 spiro atoms. The van der Waals surface area contributed by atoms with Gasteiger partial charge in [0, 0.05) is 17.1 Å². The number of carbonyl (C=O) groups is 1. The molecule has 0 radical (unpaired) electrons. The number of thioether (sulfide) groups is 1. The zero-order valence-electron chi connectivity index (χ0n) is 7.82. The molecule has 1 aromatic carbocycles. The summed E-state index contributed by atoms with van der Waals surface area (Å²) in [6.07, 6.45) is 0. The fraction of sp³-hybridized carbons (Fsp3) is 0.300. The lowest BCUT2D eigenvalue weighted by Gasteiger charge is -2.23. The standard InChI is InChI=1S/C10H11NO2S/c1-13-10(12)9-6-11-7-4-2-3-5-8(7)14-9/h2-5,9,11H,6H2,1H3/t9-/m1/s1. The summed E-state index contributed by atoms with van der Waals surface area (Å²) in [7, 11) is 1.42. The van der Waals surface area contributed by atoms with Gasteiger partial charge in [-0.2, -0.15) is 0 Å². The Morgan fingerprint density at radius 2 is 2.36 bits per heavy atom. The summed E-state index contributed by atoms with van der Waals surface area (Å²) >= 11 is 1.55. The number of para-hydroxylation sites is 1. The topological polar surface area (TPSA) is 38.3 Å². The van der Waals surface area contributed by atoms with Crippen LogP contribution in [0.15, 0.2) is 29.2 Å². The monoisotopic (exact) mass is 209 g/mol. The van der Waals surface area contributed by atoms with Gasteiger partial charge in [-0.25, -0.2) is 0 Å². The van der Waals surface area contributed by atoms with Gasteiger partial charge in [0.25, 0.3) is 0 Å². The summed E-state index contributed by atoms with van der Waals surface area (Å²) < 4.78 is 4.70. The third-order valence-corrected chi connectivity index (χ3v) is 3.35. The minimum Gasteiger partial charge on any atom is -0.468 e. The molecule has 0 saturated carbocycles. The number of benzene rings is 1.